The van der Waals surface area contributed by atoms with Crippen molar-refractivity contribution in [2.75, 3.05) is 26.0 Å². The lowest BCUT2D eigenvalue weighted by molar-refractivity contribution is 0.0663. The monoisotopic (exact) mass is 873 g/mol. The van der Waals surface area contributed by atoms with E-state index in [0.717, 1.165) is 29.3 Å². The predicted octanol–water partition coefficient (Wildman–Crippen LogP) is 6.81. The fourth-order valence-corrected chi connectivity index (χ4v) is 10.8. The lowest BCUT2D eigenvalue weighted by Gasteiger charge is -2.34. The fraction of sp³-hybridized carbons (Fsp3) is 0.370. The third kappa shape index (κ3) is 6.79. The summed E-state index contributed by atoms with van der Waals surface area (Å²) in [5.41, 5.74) is 5.31. The first-order valence-electron chi connectivity index (χ1n) is 21.2. The van der Waals surface area contributed by atoms with E-state index in [1.54, 1.807) is 67.3 Å². The number of benzene rings is 3. The molecule has 4 atom stereocenters. The number of nitrogens with one attached hydrogen (secondary N) is 2. The van der Waals surface area contributed by atoms with Gasteiger partial charge in [-0.15, -0.1) is 0 Å². The van der Waals surface area contributed by atoms with Crippen LogP contribution in [0, 0.1) is 30.4 Å². The molecule has 3 aliphatic rings. The zero-order chi connectivity index (χ0) is 44.1. The number of carbonyl (C=O) groups excluding carboxylic acids is 1. The van der Waals surface area contributed by atoms with Gasteiger partial charge in [0.1, 0.15) is 22.9 Å². The van der Waals surface area contributed by atoms with Gasteiger partial charge in [0, 0.05) is 71.0 Å². The molecular formula is C46H48FN9O6S. The first-order valence-corrected chi connectivity index (χ1v) is 23.4. The Bertz CT molecular complexity index is 3180. The Kier molecular flexibility index (Phi) is 9.63. The SMILES string of the molecule is Cc1cc(-n2nc3c(c2-n2ccn(-c4ccc(C[S@](C)(=N)=O)cc4)c2=O)[C@H](C)N(C(=O)c2cc4cc(C5CCOCC5)ccc4n2[C@@]2(c4noc(=O)[nH]4)C[C@@H]2C)CC3)cc(C)c1F. The molecule has 3 aromatic carbocycles. The van der Waals surface area contributed by atoms with E-state index < -0.39 is 32.8 Å². The summed E-state index contributed by atoms with van der Waals surface area (Å²) in [6.45, 7) is 9.11. The minimum atomic E-state index is -2.76. The van der Waals surface area contributed by atoms with Gasteiger partial charge in [-0.3, -0.25) is 28.2 Å². The van der Waals surface area contributed by atoms with E-state index in [0.29, 0.717) is 89.6 Å². The summed E-state index contributed by atoms with van der Waals surface area (Å²) in [6.07, 6.45) is 7.54. The topological polar surface area (TPSA) is 179 Å². The molecule has 1 amide bonds. The third-order valence-electron chi connectivity index (χ3n) is 13.3. The van der Waals surface area contributed by atoms with Gasteiger partial charge in [-0.2, -0.15) is 5.10 Å². The molecule has 7 aromatic rings. The van der Waals surface area contributed by atoms with Crippen molar-refractivity contribution in [1.29, 1.82) is 4.78 Å². The van der Waals surface area contributed by atoms with E-state index in [2.05, 4.69) is 35.3 Å². The molecule has 0 unspecified atom stereocenters. The molecule has 0 bridgehead atoms. The molecule has 1 saturated heterocycles. The summed E-state index contributed by atoms with van der Waals surface area (Å²) in [6, 6.07) is 18.2. The fourth-order valence-electron chi connectivity index (χ4n) is 10.0. The molecule has 2 aliphatic heterocycles. The van der Waals surface area contributed by atoms with Crippen molar-refractivity contribution in [2.24, 2.45) is 5.92 Å². The zero-order valence-electron chi connectivity index (χ0n) is 35.7. The van der Waals surface area contributed by atoms with Gasteiger partial charge in [-0.05, 0) is 117 Å². The third-order valence-corrected chi connectivity index (χ3v) is 14.2. The smallest absolute Gasteiger partial charge is 0.381 e. The van der Waals surface area contributed by atoms with Gasteiger partial charge in [-0.1, -0.05) is 30.3 Å². The molecule has 2 N–H and O–H groups in total. The quantitative estimate of drug-likeness (QED) is 0.159. The maximum Gasteiger partial charge on any atom is 0.438 e. The number of fused-ring (bicyclic) bond motifs is 2. The number of nitrogens with zero attached hydrogens (tertiary/aromatic N) is 7. The highest BCUT2D eigenvalue weighted by molar-refractivity contribution is 7.90. The average molecular weight is 874 g/mol. The average Bonchev–Trinajstić information content (AvgIpc) is 3.75. The first kappa shape index (κ1) is 40.7. The lowest BCUT2D eigenvalue weighted by atomic mass is 9.91. The Labute approximate surface area is 362 Å². The molecule has 17 heteroatoms. The number of halogens is 1. The van der Waals surface area contributed by atoms with Crippen molar-refractivity contribution in [3.63, 3.8) is 0 Å². The van der Waals surface area contributed by atoms with E-state index in [1.807, 2.05) is 22.5 Å². The highest BCUT2D eigenvalue weighted by atomic mass is 32.2. The molecule has 1 aliphatic carbocycles. The number of H-pyrrole nitrogens is 1. The lowest BCUT2D eigenvalue weighted by Crippen LogP contribution is -2.41. The van der Waals surface area contributed by atoms with Crippen molar-refractivity contribution in [3.05, 3.63) is 145 Å². The van der Waals surface area contributed by atoms with Crippen LogP contribution in [-0.4, -0.2) is 74.7 Å². The highest BCUT2D eigenvalue weighted by Gasteiger charge is 2.59. The predicted molar refractivity (Wildman–Crippen MR) is 234 cm³/mol. The van der Waals surface area contributed by atoms with Gasteiger partial charge in [0.05, 0.1) is 28.9 Å². The number of aromatic nitrogens is 7. The number of amides is 1. The van der Waals surface area contributed by atoms with Gasteiger partial charge in [0.2, 0.25) is 0 Å². The normalized spacial score (nSPS) is 21.1. The number of rotatable bonds is 9. The second kappa shape index (κ2) is 14.9. The van der Waals surface area contributed by atoms with Crippen molar-refractivity contribution < 1.29 is 22.7 Å². The number of aromatic amines is 1. The number of hydrogen-bond acceptors (Lipinski definition) is 9. The van der Waals surface area contributed by atoms with Crippen LogP contribution in [0.2, 0.25) is 0 Å². The summed E-state index contributed by atoms with van der Waals surface area (Å²) < 4.78 is 52.5. The summed E-state index contributed by atoms with van der Waals surface area (Å²) in [5, 5.41) is 10.1. The second-order valence-corrected chi connectivity index (χ2v) is 19.9. The van der Waals surface area contributed by atoms with Crippen molar-refractivity contribution in [3.8, 4) is 17.2 Å². The van der Waals surface area contributed by atoms with Crippen LogP contribution in [-0.2, 0) is 32.2 Å². The van der Waals surface area contributed by atoms with Gasteiger partial charge in [0.15, 0.2) is 5.82 Å². The van der Waals surface area contributed by atoms with Gasteiger partial charge >= 0.3 is 11.4 Å². The number of imidazole rings is 1. The Hall–Kier alpha value is -6.33. The van der Waals surface area contributed by atoms with E-state index in [4.69, 9.17) is 19.1 Å². The van der Waals surface area contributed by atoms with E-state index in [1.165, 1.54) is 21.0 Å². The van der Waals surface area contributed by atoms with Crippen LogP contribution in [0.15, 0.2) is 87.2 Å². The van der Waals surface area contributed by atoms with E-state index in [-0.39, 0.29) is 23.4 Å². The number of carbonyl (C=O) groups is 1. The molecule has 4 aromatic heterocycles. The molecule has 63 heavy (non-hydrogen) atoms. The summed E-state index contributed by atoms with van der Waals surface area (Å²) in [4.78, 5) is 47.0. The van der Waals surface area contributed by atoms with E-state index >= 15 is 9.18 Å². The molecule has 326 valence electrons. The summed E-state index contributed by atoms with van der Waals surface area (Å²) in [5.74, 6) is 0.00567. The second-order valence-electron chi connectivity index (χ2n) is 17.6. The first-order chi connectivity index (χ1) is 30.1. The van der Waals surface area contributed by atoms with Crippen LogP contribution >= 0.6 is 0 Å². The largest absolute Gasteiger partial charge is 0.438 e. The molecule has 6 heterocycles. The molecular weight excluding hydrogens is 826 g/mol. The minimum absolute atomic E-state index is 0.0196. The van der Waals surface area contributed by atoms with Crippen LogP contribution in [0.25, 0.3) is 28.1 Å². The maximum atomic E-state index is 15.4. The Balaban J connectivity index is 1.10. The van der Waals surface area contributed by atoms with Crippen molar-refractivity contribution in [2.45, 2.75) is 76.6 Å². The Morgan fingerprint density at radius 2 is 1.68 bits per heavy atom. The van der Waals surface area contributed by atoms with Gasteiger partial charge in [0.25, 0.3) is 5.91 Å². The van der Waals surface area contributed by atoms with Gasteiger partial charge < -0.3 is 14.2 Å². The molecule has 0 radical (unpaired) electrons. The van der Waals surface area contributed by atoms with Crippen LogP contribution in [0.1, 0.15) is 94.9 Å². The summed E-state index contributed by atoms with van der Waals surface area (Å²) >= 11 is 0. The minimum Gasteiger partial charge on any atom is -0.381 e. The maximum absolute atomic E-state index is 15.4. The van der Waals surface area contributed by atoms with Crippen LogP contribution in [0.4, 0.5) is 4.39 Å². The van der Waals surface area contributed by atoms with Crippen LogP contribution in [0.3, 0.4) is 0 Å². The van der Waals surface area contributed by atoms with Gasteiger partial charge in [-0.25, -0.2) is 22.9 Å². The molecule has 10 rings (SSSR count). The molecule has 15 nitrogen and oxygen atoms in total. The van der Waals surface area contributed by atoms with Crippen LogP contribution < -0.4 is 11.4 Å². The van der Waals surface area contributed by atoms with Crippen molar-refractivity contribution >= 4 is 26.5 Å². The Morgan fingerprint density at radius 3 is 2.33 bits per heavy atom. The summed E-state index contributed by atoms with van der Waals surface area (Å²) in [7, 11) is -2.76. The Morgan fingerprint density at radius 1 is 0.984 bits per heavy atom. The van der Waals surface area contributed by atoms with E-state index in [9.17, 15) is 13.8 Å². The van der Waals surface area contributed by atoms with Crippen LogP contribution in [0.5, 0.6) is 0 Å². The number of ether oxygens (including phenoxy) is 1. The standard InChI is InChI=1S/C46H48FN9O6S/c1-26-20-35(21-27(2)40(26)47)56-41(54-17-16-53(45(54)59)34-9-6-30(7-10-34)25-63(5,48)60)39-29(4)52(15-12-36(39)50-56)42(57)38-23-33-22-32(31-13-18-61-19-14-31)8-11-37(33)55(38)46(24-28(46)3)43-49-44(58)62-51-43/h6-11,16-17,20-23,28-29,31,48H,12-15,18-19,24-25H2,1-5H3,(H,49,51,58)/t28-,29-,46-,63+/m0/s1. The molecule has 1 saturated carbocycles. The molecule has 2 fully saturated rings. The molecule has 0 spiro atoms. The highest BCUT2D eigenvalue weighted by Crippen LogP contribution is 2.56. The van der Waals surface area contributed by atoms with Crippen molar-refractivity contribution in [1.82, 2.24) is 38.5 Å². The number of hydrogen-bond donors (Lipinski definition) is 2. The number of aryl methyl sites for hydroxylation is 2. The zero-order valence-corrected chi connectivity index (χ0v) is 36.5.